The van der Waals surface area contributed by atoms with Crippen molar-refractivity contribution in [1.82, 2.24) is 14.9 Å². The van der Waals surface area contributed by atoms with Crippen LogP contribution in [0.1, 0.15) is 40.5 Å². The van der Waals surface area contributed by atoms with Gasteiger partial charge in [0.15, 0.2) is 5.16 Å². The van der Waals surface area contributed by atoms with Gasteiger partial charge in [-0.3, -0.25) is 0 Å². The SMILES string of the molecule is CCOc1cc(NCC2CCN(C(=O)OC(C)(C)C)CC2)nc(SC)n1. The highest BCUT2D eigenvalue weighted by atomic mass is 32.2. The smallest absolute Gasteiger partial charge is 0.410 e. The first-order valence-corrected chi connectivity index (χ1v) is 10.3. The number of hydrogen-bond acceptors (Lipinski definition) is 7. The number of nitrogens with one attached hydrogen (secondary N) is 1. The average Bonchev–Trinajstić information content (AvgIpc) is 2.59. The molecule has 1 aromatic heterocycles. The van der Waals surface area contributed by atoms with E-state index in [1.54, 1.807) is 4.90 Å². The Hall–Kier alpha value is -1.70. The standard InChI is InChI=1S/C18H30N4O3S/c1-6-24-15-11-14(20-16(21-15)26-5)19-12-13-7-9-22(10-8-13)17(23)25-18(2,3)4/h11,13H,6-10,12H2,1-5H3,(H,19,20,21). The quantitative estimate of drug-likeness (QED) is 0.594. The van der Waals surface area contributed by atoms with Crippen molar-refractivity contribution in [3.8, 4) is 5.88 Å². The number of likely N-dealkylation sites (tertiary alicyclic amines) is 1. The molecular formula is C18H30N4O3S. The third-order valence-corrected chi connectivity index (χ3v) is 4.54. The molecule has 1 fully saturated rings. The second kappa shape index (κ2) is 9.30. The maximum Gasteiger partial charge on any atom is 0.410 e. The number of nitrogens with zero attached hydrogens (tertiary/aromatic N) is 3. The Kier molecular flexibility index (Phi) is 7.37. The topological polar surface area (TPSA) is 76.6 Å². The summed E-state index contributed by atoms with van der Waals surface area (Å²) in [5.74, 6) is 1.87. The zero-order valence-electron chi connectivity index (χ0n) is 16.4. The lowest BCUT2D eigenvalue weighted by Crippen LogP contribution is -2.42. The van der Waals surface area contributed by atoms with Crippen LogP contribution in [0.25, 0.3) is 0 Å². The molecule has 26 heavy (non-hydrogen) atoms. The van der Waals surface area contributed by atoms with Crippen molar-refractivity contribution in [2.75, 3.05) is 37.8 Å². The van der Waals surface area contributed by atoms with Crippen molar-refractivity contribution < 1.29 is 14.3 Å². The molecular weight excluding hydrogens is 352 g/mol. The highest BCUT2D eigenvalue weighted by Gasteiger charge is 2.26. The Morgan fingerprint density at radius 2 is 2.04 bits per heavy atom. The second-order valence-corrected chi connectivity index (χ2v) is 8.08. The van der Waals surface area contributed by atoms with Gasteiger partial charge in [0, 0.05) is 25.7 Å². The van der Waals surface area contributed by atoms with E-state index in [-0.39, 0.29) is 6.09 Å². The predicted octanol–water partition coefficient (Wildman–Crippen LogP) is 3.66. The minimum absolute atomic E-state index is 0.217. The number of thioether (sulfide) groups is 1. The molecule has 2 rings (SSSR count). The van der Waals surface area contributed by atoms with Crippen LogP contribution in [-0.2, 0) is 4.74 Å². The number of anilines is 1. The highest BCUT2D eigenvalue weighted by molar-refractivity contribution is 7.98. The van der Waals surface area contributed by atoms with Gasteiger partial charge in [0.2, 0.25) is 5.88 Å². The molecule has 0 bridgehead atoms. The fourth-order valence-corrected chi connectivity index (χ4v) is 3.07. The molecule has 7 nitrogen and oxygen atoms in total. The van der Waals surface area contributed by atoms with Gasteiger partial charge in [-0.15, -0.1) is 0 Å². The van der Waals surface area contributed by atoms with Gasteiger partial charge in [-0.25, -0.2) is 9.78 Å². The van der Waals surface area contributed by atoms with Crippen molar-refractivity contribution in [2.24, 2.45) is 5.92 Å². The lowest BCUT2D eigenvalue weighted by Gasteiger charge is -2.33. The van der Waals surface area contributed by atoms with E-state index in [0.29, 0.717) is 23.6 Å². The van der Waals surface area contributed by atoms with Gasteiger partial charge < -0.3 is 19.7 Å². The van der Waals surface area contributed by atoms with E-state index in [4.69, 9.17) is 9.47 Å². The third kappa shape index (κ3) is 6.55. The van der Waals surface area contributed by atoms with Crippen LogP contribution in [0.2, 0.25) is 0 Å². The van der Waals surface area contributed by atoms with Gasteiger partial charge in [0.25, 0.3) is 0 Å². The summed E-state index contributed by atoms with van der Waals surface area (Å²) < 4.78 is 10.9. The molecule has 8 heteroatoms. The van der Waals surface area contributed by atoms with Crippen LogP contribution in [0.3, 0.4) is 0 Å². The number of aromatic nitrogens is 2. The molecule has 0 aliphatic carbocycles. The average molecular weight is 383 g/mol. The summed E-state index contributed by atoms with van der Waals surface area (Å²) in [6.07, 6.45) is 3.63. The van der Waals surface area contributed by atoms with Crippen LogP contribution < -0.4 is 10.1 Å². The summed E-state index contributed by atoms with van der Waals surface area (Å²) in [5.41, 5.74) is -0.449. The van der Waals surface area contributed by atoms with E-state index >= 15 is 0 Å². The Morgan fingerprint density at radius 1 is 1.35 bits per heavy atom. The van der Waals surface area contributed by atoms with Crippen molar-refractivity contribution >= 4 is 23.7 Å². The largest absolute Gasteiger partial charge is 0.478 e. The molecule has 0 radical (unpaired) electrons. The van der Waals surface area contributed by atoms with E-state index in [1.807, 2.05) is 40.0 Å². The van der Waals surface area contributed by atoms with Crippen LogP contribution >= 0.6 is 11.8 Å². The molecule has 146 valence electrons. The van der Waals surface area contributed by atoms with Crippen molar-refractivity contribution in [3.05, 3.63) is 6.07 Å². The molecule has 1 saturated heterocycles. The lowest BCUT2D eigenvalue weighted by molar-refractivity contribution is 0.0188. The van der Waals surface area contributed by atoms with Crippen LogP contribution in [-0.4, -0.2) is 59.1 Å². The highest BCUT2D eigenvalue weighted by Crippen LogP contribution is 2.22. The van der Waals surface area contributed by atoms with Gasteiger partial charge in [-0.1, -0.05) is 11.8 Å². The van der Waals surface area contributed by atoms with Crippen LogP contribution in [0, 0.1) is 5.92 Å². The lowest BCUT2D eigenvalue weighted by atomic mass is 9.97. The van der Waals surface area contributed by atoms with E-state index in [1.165, 1.54) is 11.8 Å². The summed E-state index contributed by atoms with van der Waals surface area (Å²) in [6.45, 7) is 10.5. The van der Waals surface area contributed by atoms with Gasteiger partial charge in [-0.2, -0.15) is 4.98 Å². The first kappa shape index (κ1) is 20.6. The number of amides is 1. The molecule has 1 N–H and O–H groups in total. The monoisotopic (exact) mass is 382 g/mol. The molecule has 1 aliphatic rings. The van der Waals surface area contributed by atoms with Gasteiger partial charge in [-0.05, 0) is 52.7 Å². The van der Waals surface area contributed by atoms with E-state index in [9.17, 15) is 4.79 Å². The fourth-order valence-electron chi connectivity index (χ4n) is 2.70. The Labute approximate surface area is 160 Å². The number of rotatable bonds is 6. The van der Waals surface area contributed by atoms with Gasteiger partial charge >= 0.3 is 6.09 Å². The normalized spacial score (nSPS) is 15.7. The summed E-state index contributed by atoms with van der Waals surface area (Å²) >= 11 is 1.49. The second-order valence-electron chi connectivity index (χ2n) is 7.30. The zero-order valence-corrected chi connectivity index (χ0v) is 17.2. The van der Waals surface area contributed by atoms with Crippen LogP contribution in [0.5, 0.6) is 5.88 Å². The Morgan fingerprint density at radius 3 is 2.62 bits per heavy atom. The van der Waals surface area contributed by atoms with Crippen molar-refractivity contribution in [1.29, 1.82) is 0 Å². The van der Waals surface area contributed by atoms with Crippen LogP contribution in [0.15, 0.2) is 11.2 Å². The Bertz CT molecular complexity index is 599. The molecule has 1 amide bonds. The van der Waals surface area contributed by atoms with E-state index < -0.39 is 5.60 Å². The predicted molar refractivity (Wildman–Crippen MR) is 104 cm³/mol. The zero-order chi connectivity index (χ0) is 19.2. The summed E-state index contributed by atoms with van der Waals surface area (Å²) in [4.78, 5) is 22.7. The molecule has 1 aliphatic heterocycles. The molecule has 0 saturated carbocycles. The number of ether oxygens (including phenoxy) is 2. The maximum atomic E-state index is 12.1. The Balaban J connectivity index is 1.83. The first-order chi connectivity index (χ1) is 12.3. The third-order valence-electron chi connectivity index (χ3n) is 4.00. The minimum atomic E-state index is -0.449. The molecule has 1 aromatic rings. The molecule has 0 spiro atoms. The minimum Gasteiger partial charge on any atom is -0.478 e. The number of carbonyl (C=O) groups excluding carboxylic acids is 1. The van der Waals surface area contributed by atoms with Crippen LogP contribution in [0.4, 0.5) is 10.6 Å². The maximum absolute atomic E-state index is 12.1. The number of hydrogen-bond donors (Lipinski definition) is 1. The fraction of sp³-hybridized carbons (Fsp3) is 0.722. The summed E-state index contributed by atoms with van der Waals surface area (Å²) in [5, 5.41) is 4.08. The number of piperidine rings is 1. The molecule has 2 heterocycles. The van der Waals surface area contributed by atoms with Crippen molar-refractivity contribution in [2.45, 2.75) is 51.3 Å². The van der Waals surface area contributed by atoms with Crippen molar-refractivity contribution in [3.63, 3.8) is 0 Å². The molecule has 0 unspecified atom stereocenters. The summed E-state index contributed by atoms with van der Waals surface area (Å²) in [7, 11) is 0. The van der Waals surface area contributed by atoms with E-state index in [0.717, 1.165) is 38.3 Å². The number of carbonyl (C=O) groups is 1. The summed E-state index contributed by atoms with van der Waals surface area (Å²) in [6, 6.07) is 1.83. The first-order valence-electron chi connectivity index (χ1n) is 9.08. The molecule has 0 aromatic carbocycles. The molecule has 0 atom stereocenters. The van der Waals surface area contributed by atoms with E-state index in [2.05, 4.69) is 15.3 Å². The van der Waals surface area contributed by atoms with Gasteiger partial charge in [0.05, 0.1) is 6.61 Å². The van der Waals surface area contributed by atoms with Gasteiger partial charge in [0.1, 0.15) is 11.4 Å².